The number of carbonyl (C=O) groups excluding carboxylic acids is 1. The van der Waals surface area contributed by atoms with Gasteiger partial charge in [-0.3, -0.25) is 4.79 Å². The highest BCUT2D eigenvalue weighted by Crippen LogP contribution is 2.22. The Morgan fingerprint density at radius 3 is 2.32 bits per heavy atom. The van der Waals surface area contributed by atoms with E-state index in [-0.39, 0.29) is 11.8 Å². The summed E-state index contributed by atoms with van der Waals surface area (Å²) in [6, 6.07) is 17.8. The normalized spacial score (nSPS) is 11.2. The Morgan fingerprint density at radius 1 is 1.09 bits per heavy atom. The van der Waals surface area contributed by atoms with Gasteiger partial charge < -0.3 is 4.90 Å². The molecular formula is C19H18BrNO. The maximum Gasteiger partial charge on any atom is 0.223 e. The third-order valence-electron chi connectivity index (χ3n) is 3.31. The first kappa shape index (κ1) is 16.3. The van der Waals surface area contributed by atoms with Crippen molar-refractivity contribution >= 4 is 21.8 Å². The van der Waals surface area contributed by atoms with Gasteiger partial charge in [-0.25, -0.2) is 0 Å². The lowest BCUT2D eigenvalue weighted by atomic mass is 9.95. The Kier molecular flexibility index (Phi) is 5.80. The number of amides is 1. The van der Waals surface area contributed by atoms with Gasteiger partial charge in [0.15, 0.2) is 0 Å². The summed E-state index contributed by atoms with van der Waals surface area (Å²) in [7, 11) is 3.54. The zero-order valence-electron chi connectivity index (χ0n) is 12.7. The van der Waals surface area contributed by atoms with Crippen LogP contribution in [0.25, 0.3) is 0 Å². The second-order valence-electron chi connectivity index (χ2n) is 5.23. The van der Waals surface area contributed by atoms with Crippen LogP contribution in [0.4, 0.5) is 0 Å². The quantitative estimate of drug-likeness (QED) is 0.760. The smallest absolute Gasteiger partial charge is 0.223 e. The van der Waals surface area contributed by atoms with Crippen molar-refractivity contribution in [3.05, 3.63) is 70.2 Å². The van der Waals surface area contributed by atoms with Crippen molar-refractivity contribution in [3.63, 3.8) is 0 Å². The molecule has 0 saturated carbocycles. The van der Waals surface area contributed by atoms with Crippen LogP contribution in [0.1, 0.15) is 23.5 Å². The summed E-state index contributed by atoms with van der Waals surface area (Å²) in [5, 5.41) is 0. The van der Waals surface area contributed by atoms with Gasteiger partial charge in [0, 0.05) is 30.6 Å². The summed E-state index contributed by atoms with van der Waals surface area (Å²) in [5.74, 6) is 6.39. The van der Waals surface area contributed by atoms with Gasteiger partial charge in [-0.15, -0.1) is 0 Å². The SMILES string of the molecule is CN(C)C(=O)C[C@@H](C#Cc1ccccc1)c1ccc(Br)cc1. The molecular weight excluding hydrogens is 338 g/mol. The molecule has 1 amide bonds. The summed E-state index contributed by atoms with van der Waals surface area (Å²) in [6.07, 6.45) is 0.383. The molecule has 0 aliphatic heterocycles. The van der Waals surface area contributed by atoms with Gasteiger partial charge in [-0.1, -0.05) is 58.1 Å². The highest BCUT2D eigenvalue weighted by Gasteiger charge is 2.15. The van der Waals surface area contributed by atoms with Crippen molar-refractivity contribution < 1.29 is 4.79 Å². The molecule has 0 saturated heterocycles. The minimum Gasteiger partial charge on any atom is -0.349 e. The summed E-state index contributed by atoms with van der Waals surface area (Å²) < 4.78 is 1.02. The lowest BCUT2D eigenvalue weighted by Crippen LogP contribution is -2.23. The highest BCUT2D eigenvalue weighted by atomic mass is 79.9. The molecule has 112 valence electrons. The molecule has 0 aliphatic rings. The van der Waals surface area contributed by atoms with Crippen molar-refractivity contribution in [3.8, 4) is 11.8 Å². The van der Waals surface area contributed by atoms with Gasteiger partial charge in [0.25, 0.3) is 0 Å². The molecule has 2 aromatic carbocycles. The van der Waals surface area contributed by atoms with E-state index in [0.717, 1.165) is 15.6 Å². The van der Waals surface area contributed by atoms with Crippen molar-refractivity contribution in [2.24, 2.45) is 0 Å². The van der Waals surface area contributed by atoms with E-state index in [1.54, 1.807) is 19.0 Å². The van der Waals surface area contributed by atoms with Crippen LogP contribution in [0.2, 0.25) is 0 Å². The maximum atomic E-state index is 12.1. The van der Waals surface area contributed by atoms with Crippen molar-refractivity contribution in [2.45, 2.75) is 12.3 Å². The largest absolute Gasteiger partial charge is 0.349 e. The van der Waals surface area contributed by atoms with Gasteiger partial charge in [-0.2, -0.15) is 0 Å². The third-order valence-corrected chi connectivity index (χ3v) is 3.84. The molecule has 1 atom stereocenters. The Hall–Kier alpha value is -2.05. The first-order chi connectivity index (χ1) is 10.6. The van der Waals surface area contributed by atoms with Crippen LogP contribution in [-0.2, 0) is 4.79 Å². The van der Waals surface area contributed by atoms with E-state index in [1.807, 2.05) is 54.6 Å². The van der Waals surface area contributed by atoms with Crippen LogP contribution in [-0.4, -0.2) is 24.9 Å². The summed E-state index contributed by atoms with van der Waals surface area (Å²) in [4.78, 5) is 13.7. The number of carbonyl (C=O) groups is 1. The average molecular weight is 356 g/mol. The molecule has 0 spiro atoms. The fraction of sp³-hybridized carbons (Fsp3) is 0.211. The summed E-state index contributed by atoms with van der Waals surface area (Å²) in [6.45, 7) is 0. The molecule has 22 heavy (non-hydrogen) atoms. The molecule has 0 fully saturated rings. The molecule has 2 aromatic rings. The van der Waals surface area contributed by atoms with Crippen molar-refractivity contribution in [1.29, 1.82) is 0 Å². The monoisotopic (exact) mass is 355 g/mol. The zero-order valence-corrected chi connectivity index (χ0v) is 14.3. The molecule has 0 aromatic heterocycles. The molecule has 0 N–H and O–H groups in total. The molecule has 3 heteroatoms. The van der Waals surface area contributed by atoms with E-state index in [1.165, 1.54) is 0 Å². The van der Waals surface area contributed by atoms with Gasteiger partial charge in [-0.05, 0) is 29.8 Å². The van der Waals surface area contributed by atoms with Crippen LogP contribution in [0.3, 0.4) is 0 Å². The fourth-order valence-electron chi connectivity index (χ4n) is 2.00. The second kappa shape index (κ2) is 7.82. The number of hydrogen-bond acceptors (Lipinski definition) is 1. The standard InChI is InChI=1S/C19H18BrNO/c1-21(2)19(22)14-17(16-10-12-18(20)13-11-16)9-8-15-6-4-3-5-7-15/h3-7,10-13,17H,14H2,1-2H3/t17-/m1/s1. The van der Waals surface area contributed by atoms with E-state index in [4.69, 9.17) is 0 Å². The van der Waals surface area contributed by atoms with Gasteiger partial charge >= 0.3 is 0 Å². The maximum absolute atomic E-state index is 12.1. The fourth-order valence-corrected chi connectivity index (χ4v) is 2.26. The minimum absolute atomic E-state index is 0.0790. The highest BCUT2D eigenvalue weighted by molar-refractivity contribution is 9.10. The van der Waals surface area contributed by atoms with Gasteiger partial charge in [0.2, 0.25) is 5.91 Å². The number of hydrogen-bond donors (Lipinski definition) is 0. The predicted molar refractivity (Wildman–Crippen MR) is 93.5 cm³/mol. The number of halogens is 1. The van der Waals surface area contributed by atoms with Crippen LogP contribution >= 0.6 is 15.9 Å². The third kappa shape index (κ3) is 4.75. The Balaban J connectivity index is 2.27. The summed E-state index contributed by atoms with van der Waals surface area (Å²) in [5.41, 5.74) is 2.02. The number of rotatable bonds is 3. The Labute approximate surface area is 140 Å². The Bertz CT molecular complexity index is 681. The topological polar surface area (TPSA) is 20.3 Å². The second-order valence-corrected chi connectivity index (χ2v) is 6.15. The summed E-state index contributed by atoms with van der Waals surface area (Å²) >= 11 is 3.43. The van der Waals surface area contributed by atoms with E-state index in [9.17, 15) is 4.79 Å². The van der Waals surface area contributed by atoms with E-state index < -0.39 is 0 Å². The zero-order chi connectivity index (χ0) is 15.9. The first-order valence-corrected chi connectivity index (χ1v) is 7.88. The average Bonchev–Trinajstić information content (AvgIpc) is 2.53. The van der Waals surface area contributed by atoms with Gasteiger partial charge in [0.05, 0.1) is 5.92 Å². The van der Waals surface area contributed by atoms with Crippen molar-refractivity contribution in [1.82, 2.24) is 4.90 Å². The van der Waals surface area contributed by atoms with Crippen molar-refractivity contribution in [2.75, 3.05) is 14.1 Å². The van der Waals surface area contributed by atoms with Crippen LogP contribution in [0.15, 0.2) is 59.1 Å². The van der Waals surface area contributed by atoms with E-state index >= 15 is 0 Å². The van der Waals surface area contributed by atoms with Crippen LogP contribution in [0.5, 0.6) is 0 Å². The van der Waals surface area contributed by atoms with Crippen LogP contribution < -0.4 is 0 Å². The number of nitrogens with zero attached hydrogens (tertiary/aromatic N) is 1. The minimum atomic E-state index is -0.108. The molecule has 0 radical (unpaired) electrons. The van der Waals surface area contributed by atoms with Gasteiger partial charge in [0.1, 0.15) is 0 Å². The molecule has 0 bridgehead atoms. The molecule has 0 aliphatic carbocycles. The molecule has 0 unspecified atom stereocenters. The Morgan fingerprint density at radius 2 is 1.73 bits per heavy atom. The van der Waals surface area contributed by atoms with E-state index in [2.05, 4.69) is 27.8 Å². The first-order valence-electron chi connectivity index (χ1n) is 7.08. The van der Waals surface area contributed by atoms with Crippen LogP contribution in [0, 0.1) is 11.8 Å². The lowest BCUT2D eigenvalue weighted by molar-refractivity contribution is -0.128. The molecule has 0 heterocycles. The number of benzene rings is 2. The predicted octanol–water partition coefficient (Wildman–Crippen LogP) is 4.06. The lowest BCUT2D eigenvalue weighted by Gasteiger charge is -2.15. The molecule has 2 nitrogen and oxygen atoms in total. The van der Waals surface area contributed by atoms with E-state index in [0.29, 0.717) is 6.42 Å². The molecule has 2 rings (SSSR count).